The van der Waals surface area contributed by atoms with Crippen LogP contribution in [0.15, 0.2) is 30.1 Å². The van der Waals surface area contributed by atoms with Gasteiger partial charge < -0.3 is 14.5 Å². The molecule has 1 saturated heterocycles. The number of aromatic nitrogens is 1. The molecule has 1 aromatic rings. The Balaban J connectivity index is 1.93. The largest absolute Gasteiger partial charge is 0.384 e. The summed E-state index contributed by atoms with van der Waals surface area (Å²) in [6.07, 6.45) is 5.97. The second-order valence-electron chi connectivity index (χ2n) is 5.34. The lowest BCUT2D eigenvalue weighted by Gasteiger charge is -2.38. The number of nitriles is 1. The summed E-state index contributed by atoms with van der Waals surface area (Å²) in [4.78, 5) is 9.10. The normalized spacial score (nSPS) is 15.8. The lowest BCUT2D eigenvalue weighted by molar-refractivity contribution is 0.188. The van der Waals surface area contributed by atoms with Gasteiger partial charge in [-0.25, -0.2) is 4.98 Å². The molecule has 0 aliphatic carbocycles. The zero-order valence-electron chi connectivity index (χ0n) is 13.5. The lowest BCUT2D eigenvalue weighted by Crippen LogP contribution is -2.46. The van der Waals surface area contributed by atoms with Crippen molar-refractivity contribution in [1.82, 2.24) is 9.88 Å². The number of piperazine rings is 1. The third-order valence-electron chi connectivity index (χ3n) is 3.89. The number of methoxy groups -OCH3 is 1. The van der Waals surface area contributed by atoms with Gasteiger partial charge in [-0.1, -0.05) is 13.0 Å². The number of hydrogen-bond acceptors (Lipinski definition) is 5. The molecule has 1 aliphatic heterocycles. The van der Waals surface area contributed by atoms with Crippen molar-refractivity contribution >= 4 is 5.82 Å². The van der Waals surface area contributed by atoms with E-state index >= 15 is 0 Å². The van der Waals surface area contributed by atoms with Crippen molar-refractivity contribution in [3.05, 3.63) is 35.7 Å². The maximum Gasteiger partial charge on any atom is 0.128 e. The first-order valence-electron chi connectivity index (χ1n) is 7.82. The first kappa shape index (κ1) is 16.3. The summed E-state index contributed by atoms with van der Waals surface area (Å²) in [7, 11) is 1.75. The molecule has 0 amide bonds. The zero-order chi connectivity index (χ0) is 15.8. The predicted molar refractivity (Wildman–Crippen MR) is 87.6 cm³/mol. The summed E-state index contributed by atoms with van der Waals surface area (Å²) >= 11 is 0. The SMILES string of the molecule is CC/C=C(\CCOC)N1CCN(c2ccc(C#N)cn2)CC1. The third kappa shape index (κ3) is 4.22. The number of rotatable bonds is 6. The summed E-state index contributed by atoms with van der Waals surface area (Å²) < 4.78 is 5.21. The smallest absolute Gasteiger partial charge is 0.128 e. The topological polar surface area (TPSA) is 52.4 Å². The minimum Gasteiger partial charge on any atom is -0.384 e. The van der Waals surface area contributed by atoms with Crippen LogP contribution in [0.1, 0.15) is 25.3 Å². The fourth-order valence-electron chi connectivity index (χ4n) is 2.69. The molecule has 1 aliphatic rings. The van der Waals surface area contributed by atoms with Crippen molar-refractivity contribution in [2.75, 3.05) is 44.8 Å². The average molecular weight is 300 g/mol. The summed E-state index contributed by atoms with van der Waals surface area (Å²) in [5, 5.41) is 8.83. The Morgan fingerprint density at radius 2 is 2.14 bits per heavy atom. The van der Waals surface area contributed by atoms with Crippen LogP contribution in [0, 0.1) is 11.3 Å². The van der Waals surface area contributed by atoms with Crippen molar-refractivity contribution in [2.45, 2.75) is 19.8 Å². The van der Waals surface area contributed by atoms with E-state index in [9.17, 15) is 0 Å². The molecule has 1 aromatic heterocycles. The minimum atomic E-state index is 0.607. The quantitative estimate of drug-likeness (QED) is 0.807. The van der Waals surface area contributed by atoms with Gasteiger partial charge in [0.15, 0.2) is 0 Å². The average Bonchev–Trinajstić information content (AvgIpc) is 2.59. The first-order chi connectivity index (χ1) is 10.8. The predicted octanol–water partition coefficient (Wildman–Crippen LogP) is 2.41. The molecule has 0 atom stereocenters. The Morgan fingerprint density at radius 3 is 2.68 bits per heavy atom. The van der Waals surface area contributed by atoms with Crippen LogP contribution in [0.3, 0.4) is 0 Å². The maximum atomic E-state index is 8.83. The van der Waals surface area contributed by atoms with Gasteiger partial charge in [-0.15, -0.1) is 0 Å². The van der Waals surface area contributed by atoms with Gasteiger partial charge in [-0.05, 0) is 18.6 Å². The van der Waals surface area contributed by atoms with Crippen LogP contribution < -0.4 is 4.90 Å². The maximum absolute atomic E-state index is 8.83. The molecular weight excluding hydrogens is 276 g/mol. The molecule has 0 N–H and O–H groups in total. The van der Waals surface area contributed by atoms with Crippen molar-refractivity contribution in [3.8, 4) is 6.07 Å². The van der Waals surface area contributed by atoms with E-state index in [2.05, 4.69) is 33.9 Å². The van der Waals surface area contributed by atoms with Crippen LogP contribution in [0.4, 0.5) is 5.82 Å². The number of hydrogen-bond donors (Lipinski definition) is 0. The van der Waals surface area contributed by atoms with Gasteiger partial charge in [0.25, 0.3) is 0 Å². The van der Waals surface area contributed by atoms with E-state index in [1.165, 1.54) is 5.70 Å². The molecule has 22 heavy (non-hydrogen) atoms. The molecule has 0 aromatic carbocycles. The summed E-state index contributed by atoms with van der Waals surface area (Å²) in [6.45, 7) is 6.83. The molecule has 118 valence electrons. The molecule has 0 unspecified atom stereocenters. The molecule has 0 spiro atoms. The van der Waals surface area contributed by atoms with Gasteiger partial charge in [0.05, 0.1) is 12.2 Å². The van der Waals surface area contributed by atoms with Crippen LogP contribution in [-0.2, 0) is 4.74 Å². The van der Waals surface area contributed by atoms with Crippen molar-refractivity contribution in [3.63, 3.8) is 0 Å². The Hall–Kier alpha value is -2.06. The Labute approximate surface area is 132 Å². The number of allylic oxidation sites excluding steroid dienone is 1. The van der Waals surface area contributed by atoms with Gasteiger partial charge in [0.1, 0.15) is 11.9 Å². The van der Waals surface area contributed by atoms with Crippen molar-refractivity contribution in [2.24, 2.45) is 0 Å². The molecule has 5 heteroatoms. The fraction of sp³-hybridized carbons (Fsp3) is 0.529. The summed E-state index contributed by atoms with van der Waals surface area (Å²) in [6, 6.07) is 5.87. The zero-order valence-corrected chi connectivity index (χ0v) is 13.5. The highest BCUT2D eigenvalue weighted by atomic mass is 16.5. The van der Waals surface area contributed by atoms with E-state index in [1.807, 2.05) is 12.1 Å². The lowest BCUT2D eigenvalue weighted by atomic mass is 10.2. The van der Waals surface area contributed by atoms with Crippen molar-refractivity contribution in [1.29, 1.82) is 5.26 Å². The summed E-state index contributed by atoms with van der Waals surface area (Å²) in [5.41, 5.74) is 1.99. The third-order valence-corrected chi connectivity index (χ3v) is 3.89. The molecule has 0 bridgehead atoms. The van der Waals surface area contributed by atoms with Crippen molar-refractivity contribution < 1.29 is 4.74 Å². The van der Waals surface area contributed by atoms with Gasteiger partial charge in [-0.3, -0.25) is 0 Å². The van der Waals surface area contributed by atoms with Gasteiger partial charge in [0, 0.05) is 51.6 Å². The highest BCUT2D eigenvalue weighted by Crippen LogP contribution is 2.18. The number of ether oxygens (including phenoxy) is 1. The van der Waals surface area contributed by atoms with Gasteiger partial charge >= 0.3 is 0 Å². The molecule has 5 nitrogen and oxygen atoms in total. The second-order valence-corrected chi connectivity index (χ2v) is 5.34. The van der Waals surface area contributed by atoms with E-state index < -0.39 is 0 Å². The first-order valence-corrected chi connectivity index (χ1v) is 7.82. The van der Waals surface area contributed by atoms with Gasteiger partial charge in [-0.2, -0.15) is 5.26 Å². The van der Waals surface area contributed by atoms with Crippen LogP contribution in [0.2, 0.25) is 0 Å². The number of pyridine rings is 1. The molecule has 0 radical (unpaired) electrons. The van der Waals surface area contributed by atoms with E-state index in [0.717, 1.165) is 51.4 Å². The van der Waals surface area contributed by atoms with Gasteiger partial charge in [0.2, 0.25) is 0 Å². The highest BCUT2D eigenvalue weighted by molar-refractivity contribution is 5.42. The van der Waals surface area contributed by atoms with Crippen LogP contribution in [0.25, 0.3) is 0 Å². The molecule has 0 saturated carbocycles. The standard InChI is InChI=1S/C17H24N4O/c1-3-4-16(7-12-22-2)20-8-10-21(11-9-20)17-6-5-15(13-18)14-19-17/h4-6,14H,3,7-12H2,1-2H3/b16-4+. The fourth-order valence-corrected chi connectivity index (χ4v) is 2.69. The Bertz CT molecular complexity index is 525. The van der Waals surface area contributed by atoms with Crippen LogP contribution >= 0.6 is 0 Å². The number of anilines is 1. The molecular formula is C17H24N4O. The van der Waals surface area contributed by atoms with Crippen LogP contribution in [0.5, 0.6) is 0 Å². The van der Waals surface area contributed by atoms with E-state index in [0.29, 0.717) is 5.56 Å². The van der Waals surface area contributed by atoms with E-state index in [4.69, 9.17) is 10.00 Å². The number of nitrogens with zero attached hydrogens (tertiary/aromatic N) is 4. The Kier molecular flexibility index (Phi) is 6.23. The van der Waals surface area contributed by atoms with E-state index in [1.54, 1.807) is 13.3 Å². The molecule has 2 rings (SSSR count). The molecule has 1 fully saturated rings. The monoisotopic (exact) mass is 300 g/mol. The molecule has 2 heterocycles. The minimum absolute atomic E-state index is 0.607. The highest BCUT2D eigenvalue weighted by Gasteiger charge is 2.19. The Morgan fingerprint density at radius 1 is 1.36 bits per heavy atom. The van der Waals surface area contributed by atoms with Crippen LogP contribution in [-0.4, -0.2) is 49.8 Å². The second kappa shape index (κ2) is 8.40. The summed E-state index contributed by atoms with van der Waals surface area (Å²) in [5.74, 6) is 0.955. The van der Waals surface area contributed by atoms with E-state index in [-0.39, 0.29) is 0 Å².